The monoisotopic (exact) mass is 202 g/mol. The maximum Gasteiger partial charge on any atom is 0.337 e. The van der Waals surface area contributed by atoms with Crippen LogP contribution in [0.15, 0.2) is 24.4 Å². The molecule has 0 atom stereocenters. The van der Waals surface area contributed by atoms with Gasteiger partial charge in [-0.25, -0.2) is 4.79 Å². The van der Waals surface area contributed by atoms with E-state index >= 15 is 0 Å². The van der Waals surface area contributed by atoms with Crippen molar-refractivity contribution >= 4 is 22.6 Å². The number of aryl methyl sites for hydroxylation is 1. The summed E-state index contributed by atoms with van der Waals surface area (Å²) in [5.41, 5.74) is 8.21. The topological polar surface area (TPSA) is 76.2 Å². The summed E-state index contributed by atoms with van der Waals surface area (Å²) in [5, 5.41) is 9.60. The minimum atomic E-state index is -0.973. The summed E-state index contributed by atoms with van der Waals surface area (Å²) < 4.78 is 0. The number of pyridine rings is 1. The van der Waals surface area contributed by atoms with Crippen LogP contribution in [0.3, 0.4) is 0 Å². The molecule has 0 spiro atoms. The summed E-state index contributed by atoms with van der Waals surface area (Å²) in [6.07, 6.45) is 1.34. The molecule has 1 aromatic heterocycles. The van der Waals surface area contributed by atoms with Crippen molar-refractivity contribution in [2.24, 2.45) is 0 Å². The van der Waals surface area contributed by atoms with E-state index in [9.17, 15) is 4.79 Å². The lowest BCUT2D eigenvalue weighted by atomic mass is 10.1. The molecule has 76 valence electrons. The maximum absolute atomic E-state index is 10.7. The van der Waals surface area contributed by atoms with Crippen LogP contribution in [0.5, 0.6) is 0 Å². The summed E-state index contributed by atoms with van der Waals surface area (Å²) in [4.78, 5) is 14.8. The van der Waals surface area contributed by atoms with Gasteiger partial charge in [-0.05, 0) is 24.6 Å². The van der Waals surface area contributed by atoms with Crippen molar-refractivity contribution in [2.45, 2.75) is 6.92 Å². The molecule has 4 nitrogen and oxygen atoms in total. The minimum absolute atomic E-state index is 0.187. The highest BCUT2D eigenvalue weighted by molar-refractivity contribution is 5.94. The first kappa shape index (κ1) is 9.45. The van der Waals surface area contributed by atoms with Gasteiger partial charge in [0.05, 0.1) is 11.1 Å². The third-order valence-electron chi connectivity index (χ3n) is 2.39. The highest BCUT2D eigenvalue weighted by Crippen LogP contribution is 2.22. The van der Waals surface area contributed by atoms with Crippen LogP contribution in [0.4, 0.5) is 5.69 Å². The van der Waals surface area contributed by atoms with Gasteiger partial charge < -0.3 is 10.8 Å². The number of carboxylic acids is 1. The number of nitrogen functional groups attached to an aromatic ring is 1. The fraction of sp³-hybridized carbons (Fsp3) is 0.0909. The molecule has 0 aliphatic heterocycles. The Hall–Kier alpha value is -2.10. The number of nitrogens with two attached hydrogens (primary N) is 1. The number of carboxylic acid groups (broad SMARTS) is 1. The van der Waals surface area contributed by atoms with Crippen LogP contribution in [0, 0.1) is 6.92 Å². The highest BCUT2D eigenvalue weighted by Gasteiger charge is 2.07. The van der Waals surface area contributed by atoms with Crippen LogP contribution >= 0.6 is 0 Å². The summed E-state index contributed by atoms with van der Waals surface area (Å²) in [6.45, 7) is 1.87. The van der Waals surface area contributed by atoms with Gasteiger partial charge in [0.25, 0.3) is 0 Å². The molecule has 0 saturated carbocycles. The van der Waals surface area contributed by atoms with Gasteiger partial charge in [0, 0.05) is 17.3 Å². The van der Waals surface area contributed by atoms with Crippen molar-refractivity contribution < 1.29 is 9.90 Å². The Morgan fingerprint density at radius 2 is 2.20 bits per heavy atom. The Labute approximate surface area is 86.4 Å². The molecule has 0 amide bonds. The van der Waals surface area contributed by atoms with Gasteiger partial charge in [0.1, 0.15) is 0 Å². The van der Waals surface area contributed by atoms with Crippen molar-refractivity contribution in [3.63, 3.8) is 0 Å². The van der Waals surface area contributed by atoms with Crippen LogP contribution in [-0.2, 0) is 0 Å². The number of nitrogens with zero attached hydrogens (tertiary/aromatic N) is 1. The number of anilines is 1. The molecule has 0 bridgehead atoms. The molecule has 0 fully saturated rings. The molecule has 0 aliphatic carbocycles. The van der Waals surface area contributed by atoms with Gasteiger partial charge in [-0.1, -0.05) is 6.07 Å². The van der Waals surface area contributed by atoms with E-state index in [0.29, 0.717) is 5.69 Å². The summed E-state index contributed by atoms with van der Waals surface area (Å²) in [7, 11) is 0. The predicted octanol–water partition coefficient (Wildman–Crippen LogP) is 1.82. The van der Waals surface area contributed by atoms with Gasteiger partial charge in [-0.3, -0.25) is 4.98 Å². The van der Waals surface area contributed by atoms with Crippen LogP contribution in [0.25, 0.3) is 10.9 Å². The van der Waals surface area contributed by atoms with Gasteiger partial charge in [-0.2, -0.15) is 0 Å². The van der Waals surface area contributed by atoms with Crippen molar-refractivity contribution in [1.82, 2.24) is 4.98 Å². The quantitative estimate of drug-likeness (QED) is 0.691. The molecule has 0 aliphatic rings. The lowest BCUT2D eigenvalue weighted by Gasteiger charge is -2.04. The maximum atomic E-state index is 10.7. The normalized spacial score (nSPS) is 10.5. The summed E-state index contributed by atoms with van der Waals surface area (Å²) in [6, 6.07) is 5.12. The molecule has 4 heteroatoms. The molecule has 0 unspecified atom stereocenters. The van der Waals surface area contributed by atoms with Crippen LogP contribution < -0.4 is 5.73 Å². The first-order valence-electron chi connectivity index (χ1n) is 4.47. The molecule has 2 aromatic rings. The number of hydrogen-bond donors (Lipinski definition) is 2. The molecule has 0 saturated heterocycles. The standard InChI is InChI=1S/C11H10N2O2/c1-6-9(12)3-2-7-4-8(11(14)15)5-13-10(6)7/h2-5H,12H2,1H3,(H,14,15). The van der Waals surface area contributed by atoms with E-state index in [2.05, 4.69) is 4.98 Å². The van der Waals surface area contributed by atoms with Crippen LogP contribution in [-0.4, -0.2) is 16.1 Å². The predicted molar refractivity (Wildman–Crippen MR) is 57.9 cm³/mol. The first-order valence-corrected chi connectivity index (χ1v) is 4.47. The van der Waals surface area contributed by atoms with E-state index in [1.165, 1.54) is 6.20 Å². The molecular formula is C11H10N2O2. The third-order valence-corrected chi connectivity index (χ3v) is 2.39. The molecule has 1 heterocycles. The van der Waals surface area contributed by atoms with Crippen LogP contribution in [0.1, 0.15) is 15.9 Å². The highest BCUT2D eigenvalue weighted by atomic mass is 16.4. The SMILES string of the molecule is Cc1c(N)ccc2cc(C(=O)O)cnc12. The average Bonchev–Trinajstić information content (AvgIpc) is 2.23. The van der Waals surface area contributed by atoms with E-state index < -0.39 is 5.97 Å². The summed E-state index contributed by atoms with van der Waals surface area (Å²) in [5.74, 6) is -0.973. The van der Waals surface area contributed by atoms with Gasteiger partial charge >= 0.3 is 5.97 Å². The molecule has 3 N–H and O–H groups in total. The third kappa shape index (κ3) is 1.50. The number of aromatic nitrogens is 1. The lowest BCUT2D eigenvalue weighted by Crippen LogP contribution is -1.98. The van der Waals surface area contributed by atoms with Crippen molar-refractivity contribution in [2.75, 3.05) is 5.73 Å². The molecular weight excluding hydrogens is 192 g/mol. The van der Waals surface area contributed by atoms with E-state index in [4.69, 9.17) is 10.8 Å². The number of benzene rings is 1. The van der Waals surface area contributed by atoms with Gasteiger partial charge in [0.15, 0.2) is 0 Å². The van der Waals surface area contributed by atoms with Gasteiger partial charge in [0.2, 0.25) is 0 Å². The zero-order chi connectivity index (χ0) is 11.0. The second-order valence-corrected chi connectivity index (χ2v) is 3.38. The Kier molecular flexibility index (Phi) is 2.04. The molecule has 2 rings (SSSR count). The largest absolute Gasteiger partial charge is 0.478 e. The zero-order valence-corrected chi connectivity index (χ0v) is 8.19. The Bertz CT molecular complexity index is 550. The number of rotatable bonds is 1. The van der Waals surface area contributed by atoms with Crippen molar-refractivity contribution in [1.29, 1.82) is 0 Å². The smallest absolute Gasteiger partial charge is 0.337 e. The summed E-state index contributed by atoms with van der Waals surface area (Å²) >= 11 is 0. The second-order valence-electron chi connectivity index (χ2n) is 3.38. The Morgan fingerprint density at radius 1 is 1.47 bits per heavy atom. The number of aromatic carboxylic acids is 1. The number of hydrogen-bond acceptors (Lipinski definition) is 3. The van der Waals surface area contributed by atoms with Crippen molar-refractivity contribution in [3.8, 4) is 0 Å². The van der Waals surface area contributed by atoms with E-state index in [1.807, 2.05) is 6.92 Å². The minimum Gasteiger partial charge on any atom is -0.478 e. The Balaban J connectivity index is 2.75. The van der Waals surface area contributed by atoms with E-state index in [1.54, 1.807) is 18.2 Å². The fourth-order valence-corrected chi connectivity index (χ4v) is 1.48. The van der Waals surface area contributed by atoms with Crippen LogP contribution in [0.2, 0.25) is 0 Å². The fourth-order valence-electron chi connectivity index (χ4n) is 1.48. The zero-order valence-electron chi connectivity index (χ0n) is 8.19. The molecule has 1 aromatic carbocycles. The average molecular weight is 202 g/mol. The van der Waals surface area contributed by atoms with Crippen molar-refractivity contribution in [3.05, 3.63) is 35.5 Å². The first-order chi connectivity index (χ1) is 7.09. The van der Waals surface area contributed by atoms with E-state index in [-0.39, 0.29) is 5.56 Å². The molecule has 15 heavy (non-hydrogen) atoms. The lowest BCUT2D eigenvalue weighted by molar-refractivity contribution is 0.0696. The number of carbonyl (C=O) groups is 1. The Morgan fingerprint density at radius 3 is 2.87 bits per heavy atom. The van der Waals surface area contributed by atoms with E-state index in [0.717, 1.165) is 16.5 Å². The second kappa shape index (κ2) is 3.24. The molecule has 0 radical (unpaired) electrons. The number of fused-ring (bicyclic) bond motifs is 1. The van der Waals surface area contributed by atoms with Gasteiger partial charge in [-0.15, -0.1) is 0 Å².